The van der Waals surface area contributed by atoms with Gasteiger partial charge in [-0.1, -0.05) is 30.1 Å². The van der Waals surface area contributed by atoms with Gasteiger partial charge in [0.1, 0.15) is 11.0 Å². The molecule has 6 heteroatoms. The lowest BCUT2D eigenvalue weighted by Crippen LogP contribution is -2.13. The summed E-state index contributed by atoms with van der Waals surface area (Å²) in [5, 5.41) is 3.48. The third kappa shape index (κ3) is 3.66. The standard InChI is InChI=1S/C13H11Cl2N3O/c1-2-10-5-8(6-11(15)17-10)13(19)18-12-4-3-9(14)7-16-12/h3-7H,2H2,1H3,(H,16,18,19). The van der Waals surface area contributed by atoms with Gasteiger partial charge in [-0.3, -0.25) is 4.79 Å². The minimum absolute atomic E-state index is 0.283. The van der Waals surface area contributed by atoms with Crippen molar-refractivity contribution in [2.24, 2.45) is 0 Å². The number of nitrogens with one attached hydrogen (secondary N) is 1. The van der Waals surface area contributed by atoms with Crippen molar-refractivity contribution in [3.05, 3.63) is 51.9 Å². The summed E-state index contributed by atoms with van der Waals surface area (Å²) in [5.41, 5.74) is 1.22. The molecule has 2 heterocycles. The number of aryl methyl sites for hydroxylation is 1. The van der Waals surface area contributed by atoms with E-state index in [1.54, 1.807) is 18.2 Å². The number of nitrogens with zero attached hydrogens (tertiary/aromatic N) is 2. The van der Waals surface area contributed by atoms with E-state index < -0.39 is 0 Å². The molecule has 0 atom stereocenters. The summed E-state index contributed by atoms with van der Waals surface area (Å²) in [6.07, 6.45) is 2.17. The van der Waals surface area contributed by atoms with Crippen LogP contribution in [0, 0.1) is 0 Å². The van der Waals surface area contributed by atoms with Gasteiger partial charge >= 0.3 is 0 Å². The molecule has 0 aliphatic carbocycles. The van der Waals surface area contributed by atoms with Crippen LogP contribution >= 0.6 is 23.2 Å². The van der Waals surface area contributed by atoms with E-state index in [-0.39, 0.29) is 5.91 Å². The van der Waals surface area contributed by atoms with Gasteiger partial charge in [0.15, 0.2) is 0 Å². The SMILES string of the molecule is CCc1cc(C(=O)Nc2ccc(Cl)cn2)cc(Cl)n1. The van der Waals surface area contributed by atoms with Gasteiger partial charge in [-0.2, -0.15) is 0 Å². The average molecular weight is 296 g/mol. The third-order valence-corrected chi connectivity index (χ3v) is 2.86. The zero-order chi connectivity index (χ0) is 13.8. The van der Waals surface area contributed by atoms with Crippen LogP contribution < -0.4 is 5.32 Å². The van der Waals surface area contributed by atoms with Crippen molar-refractivity contribution >= 4 is 34.9 Å². The monoisotopic (exact) mass is 295 g/mol. The first kappa shape index (κ1) is 13.8. The summed E-state index contributed by atoms with van der Waals surface area (Å²) in [4.78, 5) is 20.2. The number of pyridine rings is 2. The van der Waals surface area contributed by atoms with E-state index in [1.165, 1.54) is 12.3 Å². The highest BCUT2D eigenvalue weighted by atomic mass is 35.5. The first-order valence-corrected chi connectivity index (χ1v) is 6.43. The van der Waals surface area contributed by atoms with E-state index in [9.17, 15) is 4.79 Å². The Balaban J connectivity index is 2.20. The summed E-state index contributed by atoms with van der Waals surface area (Å²) in [6, 6.07) is 6.51. The van der Waals surface area contributed by atoms with Gasteiger partial charge in [0.05, 0.1) is 5.02 Å². The van der Waals surface area contributed by atoms with Crippen LogP contribution in [0.25, 0.3) is 0 Å². The molecule has 2 rings (SSSR count). The number of anilines is 1. The van der Waals surface area contributed by atoms with Crippen LogP contribution in [0.4, 0.5) is 5.82 Å². The number of halogens is 2. The van der Waals surface area contributed by atoms with E-state index in [1.807, 2.05) is 6.92 Å². The van der Waals surface area contributed by atoms with Gasteiger partial charge in [0, 0.05) is 17.5 Å². The van der Waals surface area contributed by atoms with Crippen LogP contribution in [0.1, 0.15) is 23.0 Å². The highest BCUT2D eigenvalue weighted by molar-refractivity contribution is 6.30. The normalized spacial score (nSPS) is 10.3. The molecule has 0 saturated heterocycles. The summed E-state index contributed by atoms with van der Waals surface area (Å²) in [7, 11) is 0. The molecular weight excluding hydrogens is 285 g/mol. The quantitative estimate of drug-likeness (QED) is 0.880. The fraction of sp³-hybridized carbons (Fsp3) is 0.154. The molecule has 19 heavy (non-hydrogen) atoms. The van der Waals surface area contributed by atoms with Crippen LogP contribution in [0.3, 0.4) is 0 Å². The minimum Gasteiger partial charge on any atom is -0.307 e. The number of rotatable bonds is 3. The lowest BCUT2D eigenvalue weighted by molar-refractivity contribution is 0.102. The highest BCUT2D eigenvalue weighted by Crippen LogP contribution is 2.14. The Hall–Kier alpha value is -1.65. The minimum atomic E-state index is -0.283. The third-order valence-electron chi connectivity index (χ3n) is 2.44. The number of hydrogen-bond donors (Lipinski definition) is 1. The van der Waals surface area contributed by atoms with Crippen LogP contribution in [-0.2, 0) is 6.42 Å². The Morgan fingerprint density at radius 3 is 2.74 bits per heavy atom. The zero-order valence-electron chi connectivity index (χ0n) is 10.2. The van der Waals surface area contributed by atoms with Crippen molar-refractivity contribution in [3.8, 4) is 0 Å². The van der Waals surface area contributed by atoms with Crippen molar-refractivity contribution in [2.45, 2.75) is 13.3 Å². The number of amides is 1. The van der Waals surface area contributed by atoms with Crippen molar-refractivity contribution in [2.75, 3.05) is 5.32 Å². The second-order valence-electron chi connectivity index (χ2n) is 3.84. The molecule has 0 aliphatic heterocycles. The lowest BCUT2D eigenvalue weighted by Gasteiger charge is -2.06. The molecule has 0 radical (unpaired) electrons. The molecule has 0 aliphatic rings. The zero-order valence-corrected chi connectivity index (χ0v) is 11.7. The largest absolute Gasteiger partial charge is 0.307 e. The summed E-state index contributed by atoms with van der Waals surface area (Å²) in [5.74, 6) is 0.147. The fourth-order valence-electron chi connectivity index (χ4n) is 1.50. The Morgan fingerprint density at radius 1 is 1.32 bits per heavy atom. The predicted octanol–water partition coefficient (Wildman–Crippen LogP) is 3.60. The maximum absolute atomic E-state index is 12.0. The Kier molecular flexibility index (Phi) is 4.35. The molecule has 0 saturated carbocycles. The Labute approximate surface area is 120 Å². The van der Waals surface area contributed by atoms with E-state index in [2.05, 4.69) is 15.3 Å². The summed E-state index contributed by atoms with van der Waals surface area (Å²) in [6.45, 7) is 1.95. The maximum atomic E-state index is 12.0. The number of hydrogen-bond acceptors (Lipinski definition) is 3. The number of carbonyl (C=O) groups excluding carboxylic acids is 1. The van der Waals surface area contributed by atoms with Gasteiger partial charge in [-0.15, -0.1) is 0 Å². The van der Waals surface area contributed by atoms with Gasteiger partial charge in [0.25, 0.3) is 5.91 Å². The fourth-order valence-corrected chi connectivity index (χ4v) is 1.84. The molecule has 1 N–H and O–H groups in total. The molecule has 0 aromatic carbocycles. The molecule has 4 nitrogen and oxygen atoms in total. The van der Waals surface area contributed by atoms with Crippen LogP contribution in [0.2, 0.25) is 10.2 Å². The molecular formula is C13H11Cl2N3O. The molecule has 2 aromatic rings. The number of aromatic nitrogens is 2. The van der Waals surface area contributed by atoms with Gasteiger partial charge in [0.2, 0.25) is 0 Å². The summed E-state index contributed by atoms with van der Waals surface area (Å²) < 4.78 is 0. The van der Waals surface area contributed by atoms with Gasteiger partial charge < -0.3 is 5.32 Å². The van der Waals surface area contributed by atoms with Gasteiger partial charge in [-0.25, -0.2) is 9.97 Å². The van der Waals surface area contributed by atoms with Crippen molar-refractivity contribution in [1.82, 2.24) is 9.97 Å². The highest BCUT2D eigenvalue weighted by Gasteiger charge is 2.09. The van der Waals surface area contributed by atoms with Crippen LogP contribution in [-0.4, -0.2) is 15.9 Å². The molecule has 1 amide bonds. The molecule has 0 unspecified atom stereocenters. The second-order valence-corrected chi connectivity index (χ2v) is 4.66. The van der Waals surface area contributed by atoms with E-state index in [4.69, 9.17) is 23.2 Å². The van der Waals surface area contributed by atoms with Crippen LogP contribution in [0.5, 0.6) is 0 Å². The Bertz CT molecular complexity index is 599. The molecule has 98 valence electrons. The molecule has 0 fully saturated rings. The summed E-state index contributed by atoms with van der Waals surface area (Å²) >= 11 is 11.6. The molecule has 2 aromatic heterocycles. The smallest absolute Gasteiger partial charge is 0.256 e. The molecule has 0 bridgehead atoms. The lowest BCUT2D eigenvalue weighted by atomic mass is 10.2. The van der Waals surface area contributed by atoms with E-state index >= 15 is 0 Å². The topological polar surface area (TPSA) is 54.9 Å². The van der Waals surface area contributed by atoms with E-state index in [0.717, 1.165) is 5.69 Å². The maximum Gasteiger partial charge on any atom is 0.256 e. The van der Waals surface area contributed by atoms with Crippen molar-refractivity contribution < 1.29 is 4.79 Å². The van der Waals surface area contributed by atoms with Gasteiger partial charge in [-0.05, 0) is 30.7 Å². The van der Waals surface area contributed by atoms with Crippen LogP contribution in [0.15, 0.2) is 30.5 Å². The van der Waals surface area contributed by atoms with Crippen molar-refractivity contribution in [1.29, 1.82) is 0 Å². The van der Waals surface area contributed by atoms with Crippen molar-refractivity contribution in [3.63, 3.8) is 0 Å². The predicted molar refractivity (Wildman–Crippen MR) is 75.8 cm³/mol. The number of carbonyl (C=O) groups is 1. The second kappa shape index (κ2) is 5.99. The Morgan fingerprint density at radius 2 is 2.11 bits per heavy atom. The first-order chi connectivity index (χ1) is 9.08. The first-order valence-electron chi connectivity index (χ1n) is 5.68. The van der Waals surface area contributed by atoms with E-state index in [0.29, 0.717) is 28.0 Å². The average Bonchev–Trinajstić information content (AvgIpc) is 2.40. The molecule has 0 spiro atoms.